The predicted octanol–water partition coefficient (Wildman–Crippen LogP) is 3.36. The Bertz CT molecular complexity index is 395. The number of aromatic nitrogens is 1. The Kier molecular flexibility index (Phi) is 4.94. The summed E-state index contributed by atoms with van der Waals surface area (Å²) >= 11 is 0. The maximum absolute atomic E-state index is 5.80. The van der Waals surface area contributed by atoms with E-state index in [-0.39, 0.29) is 6.04 Å². The number of rotatable bonds is 4. The van der Waals surface area contributed by atoms with Crippen LogP contribution in [-0.4, -0.2) is 4.98 Å². The number of hydrazine groups is 1. The lowest BCUT2D eigenvalue weighted by molar-refractivity contribution is 0.189. The summed E-state index contributed by atoms with van der Waals surface area (Å²) < 4.78 is 0. The summed E-state index contributed by atoms with van der Waals surface area (Å²) in [6, 6.07) is 2.45. The lowest BCUT2D eigenvalue weighted by atomic mass is 9.73. The van der Waals surface area contributed by atoms with Crippen molar-refractivity contribution in [3.63, 3.8) is 0 Å². The van der Waals surface area contributed by atoms with Crippen LogP contribution in [0.5, 0.6) is 0 Å². The van der Waals surface area contributed by atoms with Crippen molar-refractivity contribution in [2.75, 3.05) is 0 Å². The van der Waals surface area contributed by atoms with Gasteiger partial charge in [-0.15, -0.1) is 0 Å². The number of nitrogens with one attached hydrogen (secondary N) is 1. The van der Waals surface area contributed by atoms with Crippen LogP contribution in [0.25, 0.3) is 0 Å². The van der Waals surface area contributed by atoms with Crippen molar-refractivity contribution < 1.29 is 0 Å². The first-order chi connectivity index (χ1) is 9.11. The van der Waals surface area contributed by atoms with Gasteiger partial charge in [0, 0.05) is 12.4 Å². The van der Waals surface area contributed by atoms with Gasteiger partial charge < -0.3 is 0 Å². The van der Waals surface area contributed by atoms with Crippen molar-refractivity contribution in [2.24, 2.45) is 23.6 Å². The summed E-state index contributed by atoms with van der Waals surface area (Å²) in [5.74, 6) is 8.15. The molecule has 1 aliphatic carbocycles. The highest BCUT2D eigenvalue weighted by molar-refractivity contribution is 5.20. The molecule has 0 aliphatic heterocycles. The summed E-state index contributed by atoms with van der Waals surface area (Å²) in [5.41, 5.74) is 5.45. The van der Waals surface area contributed by atoms with E-state index in [0.29, 0.717) is 5.92 Å². The number of pyridine rings is 1. The van der Waals surface area contributed by atoms with Crippen molar-refractivity contribution >= 4 is 0 Å². The fourth-order valence-corrected chi connectivity index (χ4v) is 3.40. The molecule has 1 aromatic heterocycles. The molecule has 1 aliphatic rings. The quantitative estimate of drug-likeness (QED) is 0.645. The Morgan fingerprint density at radius 2 is 1.79 bits per heavy atom. The van der Waals surface area contributed by atoms with Gasteiger partial charge in [-0.25, -0.2) is 0 Å². The van der Waals surface area contributed by atoms with Crippen molar-refractivity contribution in [1.82, 2.24) is 10.4 Å². The summed E-state index contributed by atoms with van der Waals surface area (Å²) in [6.45, 7) is 6.77. The van der Waals surface area contributed by atoms with Gasteiger partial charge in [0.05, 0.1) is 6.04 Å². The van der Waals surface area contributed by atoms with Crippen LogP contribution in [0.3, 0.4) is 0 Å². The van der Waals surface area contributed by atoms with Crippen LogP contribution >= 0.6 is 0 Å². The molecular formula is C16H27N3. The molecule has 0 amide bonds. The Morgan fingerprint density at radius 1 is 1.16 bits per heavy atom. The van der Waals surface area contributed by atoms with E-state index in [1.54, 1.807) is 0 Å². The molecule has 1 atom stereocenters. The van der Waals surface area contributed by atoms with Gasteiger partial charge in [-0.2, -0.15) is 0 Å². The molecule has 1 saturated carbocycles. The summed E-state index contributed by atoms with van der Waals surface area (Å²) in [7, 11) is 0. The minimum atomic E-state index is 0.250. The van der Waals surface area contributed by atoms with Crippen LogP contribution in [-0.2, 0) is 0 Å². The van der Waals surface area contributed by atoms with E-state index in [2.05, 4.69) is 37.2 Å². The fourth-order valence-electron chi connectivity index (χ4n) is 3.40. The van der Waals surface area contributed by atoms with E-state index in [1.807, 2.05) is 12.4 Å². The van der Waals surface area contributed by atoms with Crippen LogP contribution in [0, 0.1) is 24.7 Å². The molecule has 0 radical (unpaired) electrons. The molecule has 3 heteroatoms. The molecule has 3 nitrogen and oxygen atoms in total. The zero-order valence-electron chi connectivity index (χ0n) is 12.4. The third-order valence-corrected chi connectivity index (χ3v) is 4.67. The highest BCUT2D eigenvalue weighted by Gasteiger charge is 2.29. The molecule has 19 heavy (non-hydrogen) atoms. The molecule has 3 N–H and O–H groups in total. The molecule has 106 valence electrons. The summed E-state index contributed by atoms with van der Waals surface area (Å²) in [6.07, 6.45) is 9.05. The highest BCUT2D eigenvalue weighted by Crippen LogP contribution is 2.38. The average Bonchev–Trinajstić information content (AvgIpc) is 2.40. The van der Waals surface area contributed by atoms with Gasteiger partial charge in [0.25, 0.3) is 0 Å². The molecule has 0 bridgehead atoms. The van der Waals surface area contributed by atoms with Gasteiger partial charge in [0.15, 0.2) is 0 Å². The average molecular weight is 261 g/mol. The van der Waals surface area contributed by atoms with Gasteiger partial charge in [-0.3, -0.25) is 16.3 Å². The van der Waals surface area contributed by atoms with E-state index >= 15 is 0 Å². The second-order valence-electron chi connectivity index (χ2n) is 6.36. The molecule has 1 heterocycles. The van der Waals surface area contributed by atoms with Crippen LogP contribution in [0.15, 0.2) is 18.5 Å². The minimum absolute atomic E-state index is 0.250. The van der Waals surface area contributed by atoms with E-state index in [0.717, 1.165) is 11.8 Å². The first-order valence-electron chi connectivity index (χ1n) is 7.49. The fraction of sp³-hybridized carbons (Fsp3) is 0.688. The van der Waals surface area contributed by atoms with E-state index in [9.17, 15) is 0 Å². The normalized spacial score (nSPS) is 25.5. The van der Waals surface area contributed by atoms with E-state index in [1.165, 1.54) is 36.8 Å². The standard InChI is InChI=1S/C16H27N3/c1-11(2)13-4-6-14(7-5-13)16(19-17)15-8-12(3)9-18-10-15/h8-11,13-14,16,19H,4-7,17H2,1-3H3. The van der Waals surface area contributed by atoms with Crippen LogP contribution < -0.4 is 11.3 Å². The van der Waals surface area contributed by atoms with Crippen LogP contribution in [0.1, 0.15) is 56.7 Å². The van der Waals surface area contributed by atoms with Gasteiger partial charge in [-0.1, -0.05) is 19.9 Å². The first kappa shape index (κ1) is 14.5. The molecule has 0 saturated heterocycles. The number of nitrogens with two attached hydrogens (primary N) is 1. The minimum Gasteiger partial charge on any atom is -0.271 e. The lowest BCUT2D eigenvalue weighted by Crippen LogP contribution is -2.36. The van der Waals surface area contributed by atoms with Crippen molar-refractivity contribution in [2.45, 2.75) is 52.5 Å². The Morgan fingerprint density at radius 3 is 2.32 bits per heavy atom. The maximum atomic E-state index is 5.80. The molecule has 0 spiro atoms. The molecule has 0 aromatic carbocycles. The summed E-state index contributed by atoms with van der Waals surface area (Å²) in [4.78, 5) is 4.30. The zero-order valence-corrected chi connectivity index (χ0v) is 12.4. The Balaban J connectivity index is 2.03. The zero-order chi connectivity index (χ0) is 13.8. The maximum Gasteiger partial charge on any atom is 0.0503 e. The molecule has 1 unspecified atom stereocenters. The van der Waals surface area contributed by atoms with Gasteiger partial charge in [-0.05, 0) is 61.5 Å². The Hall–Kier alpha value is -0.930. The van der Waals surface area contributed by atoms with Gasteiger partial charge in [0.2, 0.25) is 0 Å². The van der Waals surface area contributed by atoms with Gasteiger partial charge in [0.1, 0.15) is 0 Å². The second kappa shape index (κ2) is 6.49. The van der Waals surface area contributed by atoms with Crippen molar-refractivity contribution in [3.05, 3.63) is 29.6 Å². The topological polar surface area (TPSA) is 50.9 Å². The molecule has 2 rings (SSSR count). The third kappa shape index (κ3) is 3.54. The monoisotopic (exact) mass is 261 g/mol. The SMILES string of the molecule is Cc1cncc(C(NN)C2CCC(C(C)C)CC2)c1. The van der Waals surface area contributed by atoms with E-state index < -0.39 is 0 Å². The largest absolute Gasteiger partial charge is 0.271 e. The van der Waals surface area contributed by atoms with Gasteiger partial charge >= 0.3 is 0 Å². The number of aryl methyl sites for hydroxylation is 1. The number of hydrogen-bond acceptors (Lipinski definition) is 3. The Labute approximate surface area is 117 Å². The second-order valence-corrected chi connectivity index (χ2v) is 6.36. The van der Waals surface area contributed by atoms with E-state index in [4.69, 9.17) is 5.84 Å². The van der Waals surface area contributed by atoms with Crippen LogP contribution in [0.4, 0.5) is 0 Å². The van der Waals surface area contributed by atoms with Crippen LogP contribution in [0.2, 0.25) is 0 Å². The summed E-state index contributed by atoms with van der Waals surface area (Å²) in [5, 5.41) is 0. The smallest absolute Gasteiger partial charge is 0.0503 e. The predicted molar refractivity (Wildman–Crippen MR) is 79.3 cm³/mol. The van der Waals surface area contributed by atoms with Crippen molar-refractivity contribution in [1.29, 1.82) is 0 Å². The molecule has 1 aromatic rings. The number of nitrogens with zero attached hydrogens (tertiary/aromatic N) is 1. The number of hydrogen-bond donors (Lipinski definition) is 2. The molecule has 1 fully saturated rings. The third-order valence-electron chi connectivity index (χ3n) is 4.67. The first-order valence-corrected chi connectivity index (χ1v) is 7.49. The van der Waals surface area contributed by atoms with Crippen molar-refractivity contribution in [3.8, 4) is 0 Å². The lowest BCUT2D eigenvalue weighted by Gasteiger charge is -2.35. The highest BCUT2D eigenvalue weighted by atomic mass is 15.2. The molecular weight excluding hydrogens is 234 g/mol.